The van der Waals surface area contributed by atoms with Gasteiger partial charge in [-0.15, -0.1) is 23.2 Å². The fourth-order valence-electron chi connectivity index (χ4n) is 3.13. The molecule has 2 fully saturated rings. The van der Waals surface area contributed by atoms with Crippen molar-refractivity contribution in [3.63, 3.8) is 0 Å². The predicted octanol–water partition coefficient (Wildman–Crippen LogP) is 2.07. The van der Waals surface area contributed by atoms with Gasteiger partial charge in [-0.3, -0.25) is 0 Å². The molecule has 1 aliphatic carbocycles. The Hall–Kier alpha value is 0.460. The number of aliphatic hydroxyl groups is 2. The summed E-state index contributed by atoms with van der Waals surface area (Å²) in [4.78, 5) is 2.39. The molecule has 1 aliphatic heterocycles. The third kappa shape index (κ3) is 3.98. The summed E-state index contributed by atoms with van der Waals surface area (Å²) >= 11 is 12.3. The third-order valence-electron chi connectivity index (χ3n) is 4.87. The summed E-state index contributed by atoms with van der Waals surface area (Å²) in [6.07, 6.45) is 3.11. The maximum absolute atomic E-state index is 10.1. The number of aliphatic hydroxyl groups excluding tert-OH is 2. The number of likely N-dealkylation sites (tertiary alicyclic amines) is 1. The fraction of sp³-hybridized carbons (Fsp3) is 1.00. The SMILES string of the molecule is CC1(CO)CCN(CC2CC(Cl)C(Cl)CC2O)CC1. The molecule has 2 rings (SSSR count). The minimum absolute atomic E-state index is 0.0254. The van der Waals surface area contributed by atoms with Crippen molar-refractivity contribution in [2.75, 3.05) is 26.2 Å². The van der Waals surface area contributed by atoms with Gasteiger partial charge in [-0.25, -0.2) is 0 Å². The first-order valence-electron chi connectivity index (χ1n) is 7.23. The van der Waals surface area contributed by atoms with Gasteiger partial charge < -0.3 is 15.1 Å². The van der Waals surface area contributed by atoms with Gasteiger partial charge in [0.15, 0.2) is 0 Å². The van der Waals surface area contributed by atoms with E-state index in [4.69, 9.17) is 23.2 Å². The van der Waals surface area contributed by atoms with Crippen LogP contribution in [0.5, 0.6) is 0 Å². The summed E-state index contributed by atoms with van der Waals surface area (Å²) in [6, 6.07) is 0. The van der Waals surface area contributed by atoms with E-state index in [1.165, 1.54) is 0 Å². The van der Waals surface area contributed by atoms with E-state index in [1.54, 1.807) is 0 Å². The van der Waals surface area contributed by atoms with E-state index in [2.05, 4.69) is 11.8 Å². The molecule has 4 atom stereocenters. The van der Waals surface area contributed by atoms with Crippen molar-refractivity contribution in [3.8, 4) is 0 Å². The Balaban J connectivity index is 1.82. The van der Waals surface area contributed by atoms with Crippen molar-refractivity contribution in [3.05, 3.63) is 0 Å². The van der Waals surface area contributed by atoms with Crippen LogP contribution in [0.2, 0.25) is 0 Å². The summed E-state index contributed by atoms with van der Waals surface area (Å²) in [5.41, 5.74) is 0.0813. The van der Waals surface area contributed by atoms with E-state index in [0.717, 1.165) is 38.9 Å². The van der Waals surface area contributed by atoms with Crippen molar-refractivity contribution in [1.29, 1.82) is 0 Å². The van der Waals surface area contributed by atoms with Gasteiger partial charge >= 0.3 is 0 Å². The number of hydrogen-bond donors (Lipinski definition) is 2. The van der Waals surface area contributed by atoms with Crippen molar-refractivity contribution in [2.45, 2.75) is 49.5 Å². The molecule has 1 saturated heterocycles. The number of nitrogens with zero attached hydrogens (tertiary/aromatic N) is 1. The van der Waals surface area contributed by atoms with Crippen LogP contribution in [0.4, 0.5) is 0 Å². The fourth-order valence-corrected chi connectivity index (χ4v) is 3.74. The zero-order valence-corrected chi connectivity index (χ0v) is 13.1. The first-order valence-corrected chi connectivity index (χ1v) is 8.10. The van der Waals surface area contributed by atoms with E-state index in [9.17, 15) is 10.2 Å². The Labute approximate surface area is 125 Å². The van der Waals surface area contributed by atoms with E-state index in [1.807, 2.05) is 0 Å². The van der Waals surface area contributed by atoms with Crippen molar-refractivity contribution in [1.82, 2.24) is 4.90 Å². The molecule has 0 amide bonds. The lowest BCUT2D eigenvalue weighted by atomic mass is 9.80. The minimum Gasteiger partial charge on any atom is -0.396 e. The Morgan fingerprint density at radius 1 is 1.16 bits per heavy atom. The van der Waals surface area contributed by atoms with Crippen molar-refractivity contribution < 1.29 is 10.2 Å². The lowest BCUT2D eigenvalue weighted by molar-refractivity contribution is 0.0175. The molecule has 19 heavy (non-hydrogen) atoms. The highest BCUT2D eigenvalue weighted by molar-refractivity contribution is 6.30. The maximum atomic E-state index is 10.1. The molecule has 5 heteroatoms. The van der Waals surface area contributed by atoms with Crippen LogP contribution in [-0.2, 0) is 0 Å². The Morgan fingerprint density at radius 2 is 1.74 bits per heavy atom. The van der Waals surface area contributed by atoms with Crippen molar-refractivity contribution in [2.24, 2.45) is 11.3 Å². The second-order valence-electron chi connectivity index (χ2n) is 6.60. The van der Waals surface area contributed by atoms with Crippen molar-refractivity contribution >= 4 is 23.2 Å². The quantitative estimate of drug-likeness (QED) is 0.784. The predicted molar refractivity (Wildman–Crippen MR) is 78.9 cm³/mol. The molecule has 2 aliphatic rings. The second-order valence-corrected chi connectivity index (χ2v) is 7.72. The van der Waals surface area contributed by atoms with Gasteiger partial charge in [-0.05, 0) is 50.1 Å². The summed E-state index contributed by atoms with van der Waals surface area (Å²) in [6.45, 7) is 5.31. The van der Waals surface area contributed by atoms with Crippen LogP contribution in [0.25, 0.3) is 0 Å². The number of rotatable bonds is 3. The molecule has 0 aromatic carbocycles. The molecule has 0 radical (unpaired) electrons. The monoisotopic (exact) mass is 309 g/mol. The van der Waals surface area contributed by atoms with E-state index >= 15 is 0 Å². The van der Waals surface area contributed by atoms with E-state index < -0.39 is 0 Å². The zero-order valence-electron chi connectivity index (χ0n) is 11.6. The molecule has 3 nitrogen and oxygen atoms in total. The molecule has 0 aromatic heterocycles. The molecule has 0 aromatic rings. The average molecular weight is 310 g/mol. The van der Waals surface area contributed by atoms with Gasteiger partial charge in [0.1, 0.15) is 0 Å². The molecule has 1 saturated carbocycles. The van der Waals surface area contributed by atoms with Crippen LogP contribution >= 0.6 is 23.2 Å². The smallest absolute Gasteiger partial charge is 0.0595 e. The van der Waals surface area contributed by atoms with Gasteiger partial charge in [-0.2, -0.15) is 0 Å². The molecular weight excluding hydrogens is 285 g/mol. The number of alkyl halides is 2. The zero-order chi connectivity index (χ0) is 14.0. The number of halogens is 2. The molecule has 0 spiro atoms. The van der Waals surface area contributed by atoms with E-state index in [-0.39, 0.29) is 34.8 Å². The molecule has 0 bridgehead atoms. The molecule has 1 heterocycles. The normalized spacial score (nSPS) is 40.3. The molecular formula is C14H25Cl2NO2. The summed E-state index contributed by atoms with van der Waals surface area (Å²) in [7, 11) is 0. The van der Waals surface area contributed by atoms with E-state index in [0.29, 0.717) is 6.42 Å². The highest BCUT2D eigenvalue weighted by Gasteiger charge is 2.36. The summed E-state index contributed by atoms with van der Waals surface area (Å²) in [5, 5.41) is 19.4. The van der Waals surface area contributed by atoms with Crippen LogP contribution in [0.15, 0.2) is 0 Å². The molecule has 2 N–H and O–H groups in total. The summed E-state index contributed by atoms with van der Waals surface area (Å²) in [5.74, 6) is 0.232. The van der Waals surface area contributed by atoms with Gasteiger partial charge in [0.25, 0.3) is 0 Å². The Morgan fingerprint density at radius 3 is 2.32 bits per heavy atom. The van der Waals surface area contributed by atoms with Gasteiger partial charge in [-0.1, -0.05) is 6.92 Å². The lowest BCUT2D eigenvalue weighted by Crippen LogP contribution is -2.47. The van der Waals surface area contributed by atoms with Gasteiger partial charge in [0.05, 0.1) is 16.9 Å². The van der Waals surface area contributed by atoms with Crippen LogP contribution in [0.3, 0.4) is 0 Å². The highest BCUT2D eigenvalue weighted by atomic mass is 35.5. The van der Waals surface area contributed by atoms with Gasteiger partial charge in [0.2, 0.25) is 0 Å². The lowest BCUT2D eigenvalue weighted by Gasteiger charge is -2.42. The maximum Gasteiger partial charge on any atom is 0.0595 e. The van der Waals surface area contributed by atoms with Crippen LogP contribution in [0.1, 0.15) is 32.6 Å². The third-order valence-corrected chi connectivity index (χ3v) is 5.96. The minimum atomic E-state index is -0.330. The molecule has 4 unspecified atom stereocenters. The first-order chi connectivity index (χ1) is 8.93. The second kappa shape index (κ2) is 6.48. The topological polar surface area (TPSA) is 43.7 Å². The van der Waals surface area contributed by atoms with Crippen LogP contribution in [0, 0.1) is 11.3 Å². The highest BCUT2D eigenvalue weighted by Crippen LogP contribution is 2.35. The number of piperidine rings is 1. The summed E-state index contributed by atoms with van der Waals surface area (Å²) < 4.78 is 0. The van der Waals surface area contributed by atoms with Crippen LogP contribution < -0.4 is 0 Å². The number of hydrogen-bond acceptors (Lipinski definition) is 3. The van der Waals surface area contributed by atoms with Crippen LogP contribution in [-0.4, -0.2) is 58.2 Å². The largest absolute Gasteiger partial charge is 0.396 e. The molecule has 112 valence electrons. The van der Waals surface area contributed by atoms with Gasteiger partial charge in [0, 0.05) is 13.2 Å². The standard InChI is InChI=1S/C14H25Cl2NO2/c1-14(9-18)2-4-17(5-3-14)8-10-6-11(15)12(16)7-13(10)19/h10-13,18-19H,2-9H2,1H3. The Kier molecular flexibility index (Phi) is 5.41. The average Bonchev–Trinajstić information content (AvgIpc) is 2.39. The first kappa shape index (κ1) is 15.8. The Bertz CT molecular complexity index is 295.